The number of hydrogen-bond acceptors (Lipinski definition) is 6. The van der Waals surface area contributed by atoms with Gasteiger partial charge in [0.1, 0.15) is 0 Å². The lowest BCUT2D eigenvalue weighted by Crippen LogP contribution is -2.26. The lowest BCUT2D eigenvalue weighted by atomic mass is 10.0. The van der Waals surface area contributed by atoms with Gasteiger partial charge in [0.2, 0.25) is 11.9 Å². The first-order valence-electron chi connectivity index (χ1n) is 6.84. The molecule has 7 nitrogen and oxygen atoms in total. The molecule has 2 aromatic heterocycles. The van der Waals surface area contributed by atoms with Crippen molar-refractivity contribution < 1.29 is 0 Å². The molecule has 0 aromatic carbocycles. The summed E-state index contributed by atoms with van der Waals surface area (Å²) in [6, 6.07) is 2.16. The Bertz CT molecular complexity index is 536. The molecule has 1 atom stereocenters. The van der Waals surface area contributed by atoms with E-state index in [0.29, 0.717) is 29.8 Å². The molecule has 0 aliphatic carbocycles. The second kappa shape index (κ2) is 6.31. The quantitative estimate of drug-likeness (QED) is 0.838. The third kappa shape index (κ3) is 3.23. The molecule has 108 valence electrons. The number of nitrogens with zero attached hydrogens (tertiary/aromatic N) is 5. The minimum atomic E-state index is 0.326. The van der Waals surface area contributed by atoms with Crippen molar-refractivity contribution in [2.24, 2.45) is 5.92 Å². The largest absolute Gasteiger partial charge is 0.357 e. The molecule has 7 heteroatoms. The first kappa shape index (κ1) is 14.2. The molecule has 2 rings (SSSR count). The molecule has 0 spiro atoms. The van der Waals surface area contributed by atoms with Crippen molar-refractivity contribution >= 4 is 11.9 Å². The first-order valence-corrected chi connectivity index (χ1v) is 6.84. The van der Waals surface area contributed by atoms with Crippen LogP contribution in [-0.4, -0.2) is 37.8 Å². The Morgan fingerprint density at radius 3 is 2.50 bits per heavy atom. The predicted molar refractivity (Wildman–Crippen MR) is 79.0 cm³/mol. The van der Waals surface area contributed by atoms with Crippen molar-refractivity contribution in [2.45, 2.75) is 33.2 Å². The van der Waals surface area contributed by atoms with Crippen LogP contribution in [0.2, 0.25) is 0 Å². The van der Waals surface area contributed by atoms with Gasteiger partial charge >= 0.3 is 0 Å². The predicted octanol–water partition coefficient (Wildman–Crippen LogP) is 1.95. The average molecular weight is 275 g/mol. The fraction of sp³-hybridized carbons (Fsp3) is 0.538. The number of hydrogen-bond donors (Lipinski definition) is 2. The summed E-state index contributed by atoms with van der Waals surface area (Å²) in [6.07, 6.45) is 4.51. The molecule has 0 amide bonds. The fourth-order valence-corrected chi connectivity index (χ4v) is 1.94. The zero-order chi connectivity index (χ0) is 14.5. The molecule has 0 saturated heterocycles. The summed E-state index contributed by atoms with van der Waals surface area (Å²) in [5.41, 5.74) is 0. The average Bonchev–Trinajstić information content (AvgIpc) is 2.98. The zero-order valence-electron chi connectivity index (χ0n) is 12.3. The molecule has 2 heterocycles. The van der Waals surface area contributed by atoms with Crippen molar-refractivity contribution in [3.63, 3.8) is 0 Å². The van der Waals surface area contributed by atoms with Gasteiger partial charge in [-0.05, 0) is 18.4 Å². The van der Waals surface area contributed by atoms with Gasteiger partial charge in [0.25, 0.3) is 5.95 Å². The van der Waals surface area contributed by atoms with Crippen LogP contribution in [0.15, 0.2) is 18.5 Å². The van der Waals surface area contributed by atoms with Gasteiger partial charge in [-0.15, -0.1) is 0 Å². The molecular weight excluding hydrogens is 254 g/mol. The summed E-state index contributed by atoms with van der Waals surface area (Å²) in [5.74, 6) is 2.08. The van der Waals surface area contributed by atoms with Crippen LogP contribution in [0.25, 0.3) is 5.95 Å². The Morgan fingerprint density at radius 1 is 1.20 bits per heavy atom. The normalized spacial score (nSPS) is 12.4. The zero-order valence-corrected chi connectivity index (χ0v) is 12.3. The molecule has 0 aliphatic rings. The lowest BCUT2D eigenvalue weighted by Gasteiger charge is -2.20. The van der Waals surface area contributed by atoms with Crippen molar-refractivity contribution in [3.05, 3.63) is 18.5 Å². The van der Waals surface area contributed by atoms with Crippen molar-refractivity contribution in [2.75, 3.05) is 17.7 Å². The SMILES string of the molecule is CCC(Nc1nc(NC)nc(-n2cccn2)n1)C(C)C. The van der Waals surface area contributed by atoms with Crippen molar-refractivity contribution in [1.29, 1.82) is 0 Å². The molecule has 0 saturated carbocycles. The van der Waals surface area contributed by atoms with Crippen LogP contribution in [0.5, 0.6) is 0 Å². The topological polar surface area (TPSA) is 80.5 Å². The minimum absolute atomic E-state index is 0.326. The minimum Gasteiger partial charge on any atom is -0.357 e. The van der Waals surface area contributed by atoms with Crippen LogP contribution in [0.3, 0.4) is 0 Å². The molecule has 0 bridgehead atoms. The summed E-state index contributed by atoms with van der Waals surface area (Å²) < 4.78 is 1.62. The van der Waals surface area contributed by atoms with Crippen LogP contribution in [0.1, 0.15) is 27.2 Å². The van der Waals surface area contributed by atoms with Gasteiger partial charge in [0, 0.05) is 25.5 Å². The Balaban J connectivity index is 2.31. The van der Waals surface area contributed by atoms with Gasteiger partial charge in [-0.25, -0.2) is 4.68 Å². The molecule has 1 unspecified atom stereocenters. The van der Waals surface area contributed by atoms with E-state index >= 15 is 0 Å². The standard InChI is InChI=1S/C13H21N7/c1-5-10(9(2)3)16-12-17-11(14-4)18-13(19-12)20-8-6-7-15-20/h6-10H,5H2,1-4H3,(H2,14,16,17,18,19). The second-order valence-electron chi connectivity index (χ2n) is 4.89. The van der Waals surface area contributed by atoms with E-state index in [1.165, 1.54) is 0 Å². The molecule has 2 N–H and O–H groups in total. The highest BCUT2D eigenvalue weighted by Crippen LogP contribution is 2.14. The maximum atomic E-state index is 4.42. The Hall–Kier alpha value is -2.18. The monoisotopic (exact) mass is 275 g/mol. The number of aromatic nitrogens is 5. The fourth-order valence-electron chi connectivity index (χ4n) is 1.94. The molecule has 0 aliphatic heterocycles. The van der Waals surface area contributed by atoms with Crippen LogP contribution < -0.4 is 10.6 Å². The Kier molecular flexibility index (Phi) is 4.49. The maximum Gasteiger partial charge on any atom is 0.257 e. The highest BCUT2D eigenvalue weighted by molar-refractivity contribution is 5.38. The van der Waals surface area contributed by atoms with Crippen LogP contribution in [0, 0.1) is 5.92 Å². The summed E-state index contributed by atoms with van der Waals surface area (Å²) in [6.45, 7) is 6.50. The van der Waals surface area contributed by atoms with Crippen molar-refractivity contribution in [3.8, 4) is 5.95 Å². The lowest BCUT2D eigenvalue weighted by molar-refractivity contribution is 0.507. The van der Waals surface area contributed by atoms with Crippen molar-refractivity contribution in [1.82, 2.24) is 24.7 Å². The van der Waals surface area contributed by atoms with Gasteiger partial charge in [-0.2, -0.15) is 20.1 Å². The maximum absolute atomic E-state index is 4.42. The third-order valence-corrected chi connectivity index (χ3v) is 3.12. The van der Waals surface area contributed by atoms with Crippen LogP contribution in [-0.2, 0) is 0 Å². The number of nitrogens with one attached hydrogen (secondary N) is 2. The number of rotatable bonds is 6. The van der Waals surface area contributed by atoms with E-state index in [2.05, 4.69) is 51.5 Å². The summed E-state index contributed by atoms with van der Waals surface area (Å²) >= 11 is 0. The second-order valence-corrected chi connectivity index (χ2v) is 4.89. The van der Waals surface area contributed by atoms with E-state index in [0.717, 1.165) is 6.42 Å². The van der Waals surface area contributed by atoms with Gasteiger partial charge in [0.05, 0.1) is 0 Å². The molecule has 0 radical (unpaired) electrons. The Labute approximate surface area is 118 Å². The van der Waals surface area contributed by atoms with E-state index in [-0.39, 0.29) is 0 Å². The highest BCUT2D eigenvalue weighted by atomic mass is 15.4. The molecular formula is C13H21N7. The summed E-state index contributed by atoms with van der Waals surface area (Å²) in [4.78, 5) is 13.1. The van der Waals surface area contributed by atoms with Gasteiger partial charge in [-0.1, -0.05) is 20.8 Å². The van der Waals surface area contributed by atoms with Gasteiger partial charge < -0.3 is 10.6 Å². The number of anilines is 2. The third-order valence-electron chi connectivity index (χ3n) is 3.12. The van der Waals surface area contributed by atoms with Crippen LogP contribution >= 0.6 is 0 Å². The first-order chi connectivity index (χ1) is 9.63. The highest BCUT2D eigenvalue weighted by Gasteiger charge is 2.14. The molecule has 20 heavy (non-hydrogen) atoms. The Morgan fingerprint density at radius 2 is 1.95 bits per heavy atom. The molecule has 0 fully saturated rings. The van der Waals surface area contributed by atoms with E-state index in [9.17, 15) is 0 Å². The smallest absolute Gasteiger partial charge is 0.257 e. The summed E-state index contributed by atoms with van der Waals surface area (Å²) in [7, 11) is 1.78. The van der Waals surface area contributed by atoms with E-state index in [1.807, 2.05) is 6.07 Å². The van der Waals surface area contributed by atoms with Crippen LogP contribution in [0.4, 0.5) is 11.9 Å². The van der Waals surface area contributed by atoms with E-state index < -0.39 is 0 Å². The van der Waals surface area contributed by atoms with Gasteiger partial charge in [0.15, 0.2) is 0 Å². The summed E-state index contributed by atoms with van der Waals surface area (Å²) in [5, 5.41) is 10.5. The molecule has 2 aromatic rings. The van der Waals surface area contributed by atoms with E-state index in [1.54, 1.807) is 24.1 Å². The van der Waals surface area contributed by atoms with E-state index in [4.69, 9.17) is 0 Å². The van der Waals surface area contributed by atoms with Gasteiger partial charge in [-0.3, -0.25) is 0 Å².